The Morgan fingerprint density at radius 2 is 1.94 bits per heavy atom. The van der Waals surface area contributed by atoms with Gasteiger partial charge in [0.15, 0.2) is 5.69 Å². The van der Waals surface area contributed by atoms with Crippen molar-refractivity contribution in [3.63, 3.8) is 0 Å². The van der Waals surface area contributed by atoms with Crippen LogP contribution in [0.4, 0.5) is 10.1 Å². The molecule has 1 unspecified atom stereocenters. The molecule has 1 aliphatic heterocycles. The molecule has 0 aliphatic carbocycles. The van der Waals surface area contributed by atoms with Crippen molar-refractivity contribution in [3.8, 4) is 0 Å². The molecule has 1 saturated heterocycles. The molecular weight excluding hydrogens is 393 g/mol. The normalized spacial score (nSPS) is 14.6. The number of pyridine rings is 1. The Morgan fingerprint density at radius 3 is 2.61 bits per heavy atom. The number of ether oxygens (including phenoxy) is 1. The number of aromatic nitrogens is 2. The molecule has 1 aliphatic rings. The zero-order valence-electron chi connectivity index (χ0n) is 18.6. The van der Waals surface area contributed by atoms with Crippen LogP contribution in [0.15, 0.2) is 48.8 Å². The Balaban J connectivity index is 0.000000910. The van der Waals surface area contributed by atoms with Crippen molar-refractivity contribution >= 4 is 17.3 Å². The first-order valence-electron chi connectivity index (χ1n) is 10.8. The third-order valence-electron chi connectivity index (χ3n) is 4.79. The quantitative estimate of drug-likeness (QED) is 0.434. The van der Waals surface area contributed by atoms with Crippen LogP contribution in [0.2, 0.25) is 0 Å². The SMILES string of the molecule is C.CC.CC.CCOC(=O)c1cnc2ccc(N3CCCC3c3cccc(F)c3)cn12. The lowest BCUT2D eigenvalue weighted by atomic mass is 10.0. The van der Waals surface area contributed by atoms with Crippen molar-refractivity contribution in [2.75, 3.05) is 18.1 Å². The molecule has 1 aromatic carbocycles. The van der Waals surface area contributed by atoms with E-state index in [1.807, 2.05) is 52.1 Å². The minimum absolute atomic E-state index is 0. The van der Waals surface area contributed by atoms with E-state index < -0.39 is 0 Å². The number of benzene rings is 1. The summed E-state index contributed by atoms with van der Waals surface area (Å²) in [5.74, 6) is -0.607. The highest BCUT2D eigenvalue weighted by atomic mass is 19.1. The van der Waals surface area contributed by atoms with Gasteiger partial charge in [-0.15, -0.1) is 0 Å². The van der Waals surface area contributed by atoms with Gasteiger partial charge in [-0.05, 0) is 49.6 Å². The number of fused-ring (bicyclic) bond motifs is 1. The number of hydrogen-bond acceptors (Lipinski definition) is 4. The van der Waals surface area contributed by atoms with E-state index in [0.717, 1.165) is 30.6 Å². The van der Waals surface area contributed by atoms with Gasteiger partial charge in [0.25, 0.3) is 0 Å². The lowest BCUT2D eigenvalue weighted by Gasteiger charge is -2.27. The Morgan fingerprint density at radius 1 is 1.19 bits per heavy atom. The van der Waals surface area contributed by atoms with E-state index in [4.69, 9.17) is 4.74 Å². The van der Waals surface area contributed by atoms with Gasteiger partial charge in [-0.2, -0.15) is 0 Å². The number of hydrogen-bond donors (Lipinski definition) is 0. The molecule has 0 saturated carbocycles. The van der Waals surface area contributed by atoms with Crippen LogP contribution in [-0.2, 0) is 4.74 Å². The molecule has 1 fully saturated rings. The Labute approximate surface area is 185 Å². The number of carbonyl (C=O) groups excluding carboxylic acids is 1. The molecule has 0 bridgehead atoms. The van der Waals surface area contributed by atoms with Crippen LogP contribution in [0, 0.1) is 5.82 Å². The molecule has 3 heterocycles. The highest BCUT2D eigenvalue weighted by Gasteiger charge is 2.27. The van der Waals surface area contributed by atoms with E-state index in [-0.39, 0.29) is 25.3 Å². The molecule has 0 radical (unpaired) electrons. The Bertz CT molecular complexity index is 955. The van der Waals surface area contributed by atoms with Crippen molar-refractivity contribution in [3.05, 3.63) is 65.9 Å². The number of imidazole rings is 1. The van der Waals surface area contributed by atoms with E-state index in [9.17, 15) is 9.18 Å². The monoisotopic (exact) mass is 429 g/mol. The van der Waals surface area contributed by atoms with Gasteiger partial charge in [0.1, 0.15) is 11.5 Å². The van der Waals surface area contributed by atoms with Crippen LogP contribution in [0.1, 0.15) is 77.0 Å². The van der Waals surface area contributed by atoms with Gasteiger partial charge in [0.05, 0.1) is 24.5 Å². The second-order valence-electron chi connectivity index (χ2n) is 6.39. The Kier molecular flexibility index (Phi) is 10.7. The fraction of sp³-hybridized carbons (Fsp3) is 0.440. The van der Waals surface area contributed by atoms with E-state index in [1.54, 1.807) is 23.5 Å². The molecule has 0 spiro atoms. The summed E-state index contributed by atoms with van der Waals surface area (Å²) in [6.45, 7) is 11.0. The second-order valence-corrected chi connectivity index (χ2v) is 6.39. The lowest BCUT2D eigenvalue weighted by molar-refractivity contribution is 0.0518. The zero-order valence-corrected chi connectivity index (χ0v) is 18.6. The minimum atomic E-state index is -0.389. The zero-order chi connectivity index (χ0) is 22.1. The molecule has 1 atom stereocenters. The predicted octanol–water partition coefficient (Wildman–Crippen LogP) is 6.68. The maximum absolute atomic E-state index is 13.6. The average Bonchev–Trinajstić information content (AvgIpc) is 3.43. The predicted molar refractivity (Wildman–Crippen MR) is 126 cm³/mol. The summed E-state index contributed by atoms with van der Waals surface area (Å²) in [6.07, 6.45) is 5.45. The van der Waals surface area contributed by atoms with Crippen molar-refractivity contribution in [2.24, 2.45) is 0 Å². The van der Waals surface area contributed by atoms with E-state index in [2.05, 4.69) is 9.88 Å². The number of nitrogens with zero attached hydrogens (tertiary/aromatic N) is 3. The summed E-state index contributed by atoms with van der Waals surface area (Å²) in [4.78, 5) is 18.7. The molecule has 5 nitrogen and oxygen atoms in total. The highest BCUT2D eigenvalue weighted by molar-refractivity contribution is 5.88. The fourth-order valence-corrected chi connectivity index (χ4v) is 3.63. The Hall–Kier alpha value is -2.89. The van der Waals surface area contributed by atoms with Gasteiger partial charge in [-0.1, -0.05) is 47.3 Å². The number of rotatable bonds is 4. The maximum Gasteiger partial charge on any atom is 0.356 e. The van der Waals surface area contributed by atoms with Crippen LogP contribution in [0.5, 0.6) is 0 Å². The van der Waals surface area contributed by atoms with Gasteiger partial charge in [-0.3, -0.25) is 4.40 Å². The average molecular weight is 430 g/mol. The number of carbonyl (C=O) groups is 1. The summed E-state index contributed by atoms with van der Waals surface area (Å²) in [6, 6.07) is 10.8. The maximum atomic E-state index is 13.6. The molecule has 2 aromatic heterocycles. The van der Waals surface area contributed by atoms with Crippen LogP contribution in [-0.4, -0.2) is 28.5 Å². The fourth-order valence-electron chi connectivity index (χ4n) is 3.63. The molecular formula is C25H36FN3O2. The third kappa shape index (κ3) is 5.84. The number of anilines is 1. The van der Waals surface area contributed by atoms with Gasteiger partial charge < -0.3 is 9.64 Å². The van der Waals surface area contributed by atoms with E-state index in [1.165, 1.54) is 12.3 Å². The van der Waals surface area contributed by atoms with Gasteiger partial charge >= 0.3 is 5.97 Å². The summed E-state index contributed by atoms with van der Waals surface area (Å²) in [5.41, 5.74) is 3.05. The molecule has 31 heavy (non-hydrogen) atoms. The third-order valence-corrected chi connectivity index (χ3v) is 4.79. The van der Waals surface area contributed by atoms with Gasteiger partial charge in [0.2, 0.25) is 0 Å². The first kappa shape index (κ1) is 26.1. The summed E-state index contributed by atoms with van der Waals surface area (Å²) >= 11 is 0. The minimum Gasteiger partial charge on any atom is -0.461 e. The smallest absolute Gasteiger partial charge is 0.356 e. The molecule has 3 aromatic rings. The van der Waals surface area contributed by atoms with Crippen LogP contribution >= 0.6 is 0 Å². The standard InChI is InChI=1S/C20H20FN3O2.2C2H6.CH4/c1-2-26-20(25)18-12-22-19-9-8-16(13-24(18)19)23-10-4-7-17(23)14-5-3-6-15(21)11-14;2*1-2;/h3,5-6,8-9,11-13,17H,2,4,7,10H2,1H3;2*1-2H3;1H4. The van der Waals surface area contributed by atoms with Crippen LogP contribution in [0.25, 0.3) is 5.65 Å². The highest BCUT2D eigenvalue weighted by Crippen LogP contribution is 2.36. The van der Waals surface area contributed by atoms with Crippen molar-refractivity contribution in [1.82, 2.24) is 9.38 Å². The molecule has 0 amide bonds. The van der Waals surface area contributed by atoms with Crippen LogP contribution < -0.4 is 4.90 Å². The lowest BCUT2D eigenvalue weighted by Crippen LogP contribution is -2.23. The summed E-state index contributed by atoms with van der Waals surface area (Å²) < 4.78 is 20.5. The topological polar surface area (TPSA) is 46.8 Å². The number of halogens is 1. The van der Waals surface area contributed by atoms with Crippen LogP contribution in [0.3, 0.4) is 0 Å². The largest absolute Gasteiger partial charge is 0.461 e. The van der Waals surface area contributed by atoms with Crippen molar-refractivity contribution < 1.29 is 13.9 Å². The molecule has 170 valence electrons. The second kappa shape index (κ2) is 12.7. The molecule has 0 N–H and O–H groups in total. The van der Waals surface area contributed by atoms with Crippen molar-refractivity contribution in [2.45, 2.75) is 60.9 Å². The summed E-state index contributed by atoms with van der Waals surface area (Å²) in [5, 5.41) is 0. The molecule has 4 rings (SSSR count). The molecule has 6 heteroatoms. The summed E-state index contributed by atoms with van der Waals surface area (Å²) in [7, 11) is 0. The van der Waals surface area contributed by atoms with Gasteiger partial charge in [-0.25, -0.2) is 14.2 Å². The first-order chi connectivity index (χ1) is 14.7. The van der Waals surface area contributed by atoms with Gasteiger partial charge in [0, 0.05) is 12.7 Å². The van der Waals surface area contributed by atoms with Crippen molar-refractivity contribution in [1.29, 1.82) is 0 Å². The number of esters is 1. The van der Waals surface area contributed by atoms with E-state index in [0.29, 0.717) is 17.9 Å². The first-order valence-corrected chi connectivity index (χ1v) is 10.8. The van der Waals surface area contributed by atoms with E-state index >= 15 is 0 Å².